The zero-order chi connectivity index (χ0) is 22.7. The Bertz CT molecular complexity index is 1290. The minimum atomic E-state index is -0.793. The van der Waals surface area contributed by atoms with Crippen LogP contribution in [0.4, 0.5) is 11.4 Å². The summed E-state index contributed by atoms with van der Waals surface area (Å²) >= 11 is 0. The summed E-state index contributed by atoms with van der Waals surface area (Å²) in [7, 11) is 0. The van der Waals surface area contributed by atoms with Gasteiger partial charge >= 0.3 is 0 Å². The quantitative estimate of drug-likeness (QED) is 0.354. The Morgan fingerprint density at radius 1 is 0.875 bits per heavy atom. The number of rotatable bonds is 6. The largest absolute Gasteiger partial charge is 0.459 e. The van der Waals surface area contributed by atoms with Crippen molar-refractivity contribution in [2.45, 2.75) is 13.8 Å². The van der Waals surface area contributed by atoms with E-state index in [1.54, 1.807) is 54.9 Å². The molecule has 0 saturated carbocycles. The molecule has 2 N–H and O–H groups in total. The van der Waals surface area contributed by atoms with Gasteiger partial charge in [0.15, 0.2) is 5.76 Å². The van der Waals surface area contributed by atoms with Gasteiger partial charge in [-0.2, -0.15) is 5.10 Å². The van der Waals surface area contributed by atoms with Gasteiger partial charge in [-0.1, -0.05) is 24.3 Å². The zero-order valence-electron chi connectivity index (χ0n) is 17.5. The van der Waals surface area contributed by atoms with E-state index in [1.807, 2.05) is 30.3 Å². The van der Waals surface area contributed by atoms with Gasteiger partial charge in [-0.25, -0.2) is 4.68 Å². The maximum absolute atomic E-state index is 12.9. The smallest absolute Gasteiger partial charge is 0.296 e. The van der Waals surface area contributed by atoms with E-state index in [9.17, 15) is 14.4 Å². The van der Waals surface area contributed by atoms with Crippen molar-refractivity contribution in [3.63, 3.8) is 0 Å². The van der Waals surface area contributed by atoms with Crippen molar-refractivity contribution >= 4 is 29.0 Å². The van der Waals surface area contributed by atoms with Crippen molar-refractivity contribution in [3.8, 4) is 5.69 Å². The average Bonchev–Trinajstić information content (AvgIpc) is 3.42. The van der Waals surface area contributed by atoms with Gasteiger partial charge in [0, 0.05) is 11.4 Å². The molecule has 0 saturated heterocycles. The Labute approximate surface area is 183 Å². The highest BCUT2D eigenvalue weighted by Crippen LogP contribution is 2.20. The fourth-order valence-corrected chi connectivity index (χ4v) is 3.37. The van der Waals surface area contributed by atoms with E-state index in [-0.39, 0.29) is 11.3 Å². The Morgan fingerprint density at radius 3 is 2.28 bits per heavy atom. The second-order valence-corrected chi connectivity index (χ2v) is 7.09. The maximum Gasteiger partial charge on any atom is 0.296 e. The number of nitrogens with zero attached hydrogens (tertiary/aromatic N) is 2. The van der Waals surface area contributed by atoms with Crippen molar-refractivity contribution in [1.82, 2.24) is 9.78 Å². The van der Waals surface area contributed by atoms with Crippen LogP contribution < -0.4 is 10.6 Å². The molecular formula is C24H20N4O4. The number of hydrogen-bond donors (Lipinski definition) is 2. The van der Waals surface area contributed by atoms with Crippen LogP contribution in [-0.4, -0.2) is 27.4 Å². The van der Waals surface area contributed by atoms with Gasteiger partial charge in [0.2, 0.25) is 0 Å². The highest BCUT2D eigenvalue weighted by atomic mass is 16.3. The number of aromatic nitrogens is 2. The van der Waals surface area contributed by atoms with Crippen molar-refractivity contribution < 1.29 is 18.8 Å². The molecule has 4 rings (SSSR count). The number of hydrogen-bond acceptors (Lipinski definition) is 5. The predicted molar refractivity (Wildman–Crippen MR) is 119 cm³/mol. The van der Waals surface area contributed by atoms with E-state index in [1.165, 1.54) is 6.26 Å². The molecule has 160 valence electrons. The zero-order valence-corrected chi connectivity index (χ0v) is 17.5. The molecule has 0 atom stereocenters. The Kier molecular flexibility index (Phi) is 5.67. The third-order valence-electron chi connectivity index (χ3n) is 4.85. The van der Waals surface area contributed by atoms with Gasteiger partial charge in [0.05, 0.1) is 28.9 Å². The monoisotopic (exact) mass is 428 g/mol. The van der Waals surface area contributed by atoms with Crippen molar-refractivity contribution in [2.75, 3.05) is 10.6 Å². The van der Waals surface area contributed by atoms with Crippen LogP contribution in [0.3, 0.4) is 0 Å². The molecule has 0 aliphatic heterocycles. The lowest BCUT2D eigenvalue weighted by Crippen LogP contribution is -2.24. The van der Waals surface area contributed by atoms with Crippen molar-refractivity contribution in [1.29, 1.82) is 0 Å². The van der Waals surface area contributed by atoms with E-state index in [2.05, 4.69) is 15.7 Å². The third kappa shape index (κ3) is 4.20. The first-order chi connectivity index (χ1) is 15.4. The summed E-state index contributed by atoms with van der Waals surface area (Å²) in [5, 5.41) is 9.69. The first kappa shape index (κ1) is 20.8. The van der Waals surface area contributed by atoms with Crippen LogP contribution in [0.15, 0.2) is 77.4 Å². The van der Waals surface area contributed by atoms with Crippen LogP contribution in [-0.2, 0) is 4.79 Å². The topological polar surface area (TPSA) is 106 Å². The minimum Gasteiger partial charge on any atom is -0.459 e. The van der Waals surface area contributed by atoms with Gasteiger partial charge in [0.25, 0.3) is 17.6 Å². The van der Waals surface area contributed by atoms with Crippen LogP contribution >= 0.6 is 0 Å². The first-order valence-corrected chi connectivity index (χ1v) is 9.86. The molecule has 0 unspecified atom stereocenters. The average molecular weight is 428 g/mol. The Morgan fingerprint density at radius 2 is 1.59 bits per heavy atom. The molecule has 2 heterocycles. The van der Waals surface area contributed by atoms with Gasteiger partial charge in [0.1, 0.15) is 0 Å². The van der Waals surface area contributed by atoms with Crippen LogP contribution in [0, 0.1) is 13.8 Å². The number of benzene rings is 2. The van der Waals surface area contributed by atoms with Gasteiger partial charge in [-0.3, -0.25) is 14.4 Å². The number of carbonyl (C=O) groups excluding carboxylic acids is 3. The second-order valence-electron chi connectivity index (χ2n) is 7.09. The summed E-state index contributed by atoms with van der Waals surface area (Å²) < 4.78 is 6.70. The fraction of sp³-hybridized carbons (Fsp3) is 0.0833. The maximum atomic E-state index is 12.9. The first-order valence-electron chi connectivity index (χ1n) is 9.86. The molecule has 0 spiro atoms. The number of aryl methyl sites for hydroxylation is 1. The summed E-state index contributed by atoms with van der Waals surface area (Å²) in [6.45, 7) is 3.44. The molecule has 32 heavy (non-hydrogen) atoms. The van der Waals surface area contributed by atoms with Crippen LogP contribution in [0.5, 0.6) is 0 Å². The molecule has 8 nitrogen and oxygen atoms in total. The lowest BCUT2D eigenvalue weighted by molar-refractivity contribution is -0.112. The molecule has 0 fully saturated rings. The Hall–Kier alpha value is -4.46. The number of furan rings is 1. The lowest BCUT2D eigenvalue weighted by Gasteiger charge is -2.08. The number of amides is 2. The molecule has 0 bridgehead atoms. The summed E-state index contributed by atoms with van der Waals surface area (Å²) in [4.78, 5) is 37.7. The lowest BCUT2D eigenvalue weighted by atomic mass is 10.1. The number of anilines is 2. The SMILES string of the molecule is Cc1nn(-c2ccccc2)c(C)c1C(=O)C(=O)Nc1cccc(NC(=O)c2ccco2)c1. The summed E-state index contributed by atoms with van der Waals surface area (Å²) in [6.07, 6.45) is 1.40. The fourth-order valence-electron chi connectivity index (χ4n) is 3.37. The van der Waals surface area contributed by atoms with Crippen molar-refractivity contribution in [2.24, 2.45) is 0 Å². The van der Waals surface area contributed by atoms with Crippen LogP contribution in [0.25, 0.3) is 5.69 Å². The summed E-state index contributed by atoms with van der Waals surface area (Å²) in [6, 6.07) is 19.0. The molecule has 2 aromatic heterocycles. The molecule has 2 amide bonds. The molecule has 0 radical (unpaired) electrons. The summed E-state index contributed by atoms with van der Waals surface area (Å²) in [5.41, 5.74) is 2.91. The van der Waals surface area contributed by atoms with Gasteiger partial charge in [-0.05, 0) is 56.3 Å². The van der Waals surface area contributed by atoms with E-state index in [4.69, 9.17) is 4.42 Å². The highest BCUT2D eigenvalue weighted by molar-refractivity contribution is 6.47. The van der Waals surface area contributed by atoms with Crippen LogP contribution in [0.1, 0.15) is 32.3 Å². The Balaban J connectivity index is 1.51. The minimum absolute atomic E-state index is 0.163. The molecule has 0 aliphatic rings. The van der Waals surface area contributed by atoms with E-state index >= 15 is 0 Å². The van der Waals surface area contributed by atoms with Gasteiger partial charge < -0.3 is 15.1 Å². The second kappa shape index (κ2) is 8.73. The molecule has 0 aliphatic carbocycles. The number of Topliss-reactive ketones (excluding diaryl/α,β-unsaturated/α-hetero) is 1. The molecule has 4 aromatic rings. The number of carbonyl (C=O) groups is 3. The van der Waals surface area contributed by atoms with E-state index < -0.39 is 17.6 Å². The molecular weight excluding hydrogens is 408 g/mol. The number of ketones is 1. The number of para-hydroxylation sites is 1. The molecule has 2 aromatic carbocycles. The van der Waals surface area contributed by atoms with Crippen LogP contribution in [0.2, 0.25) is 0 Å². The molecule has 8 heteroatoms. The van der Waals surface area contributed by atoms with E-state index in [0.717, 1.165) is 5.69 Å². The van der Waals surface area contributed by atoms with Gasteiger partial charge in [-0.15, -0.1) is 0 Å². The highest BCUT2D eigenvalue weighted by Gasteiger charge is 2.25. The standard InChI is InChI=1S/C24H20N4O4/c1-15-21(16(2)28(27-15)19-10-4-3-5-11-19)22(29)24(31)26-18-9-6-8-17(14-18)25-23(30)20-12-7-13-32-20/h3-14H,1-2H3,(H,25,30)(H,26,31). The predicted octanol–water partition coefficient (Wildman–Crippen LogP) is 4.16. The number of nitrogens with one attached hydrogen (secondary N) is 2. The van der Waals surface area contributed by atoms with Crippen molar-refractivity contribution in [3.05, 3.63) is 95.7 Å². The summed E-state index contributed by atoms with van der Waals surface area (Å²) in [5.74, 6) is -1.74. The third-order valence-corrected chi connectivity index (χ3v) is 4.85. The van der Waals surface area contributed by atoms with E-state index in [0.29, 0.717) is 22.8 Å². The normalized spacial score (nSPS) is 10.6.